The summed E-state index contributed by atoms with van der Waals surface area (Å²) in [6.07, 6.45) is 0. The van der Waals surface area contributed by atoms with E-state index in [1.807, 2.05) is 0 Å². The van der Waals surface area contributed by atoms with E-state index in [-0.39, 0.29) is 21.2 Å². The van der Waals surface area contributed by atoms with Gasteiger partial charge in [-0.3, -0.25) is 4.72 Å². The van der Waals surface area contributed by atoms with Crippen molar-refractivity contribution in [1.82, 2.24) is 0 Å². The number of anilines is 1. The zero-order valence-electron chi connectivity index (χ0n) is 10.4. The average molecular weight is 313 g/mol. The van der Waals surface area contributed by atoms with Gasteiger partial charge in [0.1, 0.15) is 10.6 Å². The molecule has 0 fully saturated rings. The predicted molar refractivity (Wildman–Crippen MR) is 74.6 cm³/mol. The first kappa shape index (κ1) is 14.4. The van der Waals surface area contributed by atoms with E-state index in [0.717, 1.165) is 11.3 Å². The van der Waals surface area contributed by atoms with Crippen molar-refractivity contribution in [2.75, 3.05) is 11.8 Å². The third-order valence-electron chi connectivity index (χ3n) is 2.43. The van der Waals surface area contributed by atoms with Crippen LogP contribution in [0.25, 0.3) is 0 Å². The summed E-state index contributed by atoms with van der Waals surface area (Å²) in [6, 6.07) is 6.55. The van der Waals surface area contributed by atoms with Crippen molar-refractivity contribution in [3.8, 4) is 5.75 Å². The number of ether oxygens (including phenoxy) is 1. The largest absolute Gasteiger partial charge is 0.508 e. The lowest BCUT2D eigenvalue weighted by Crippen LogP contribution is -2.14. The number of methoxy groups -OCH3 is 1. The summed E-state index contributed by atoms with van der Waals surface area (Å²) >= 11 is 1.08. The SMILES string of the molecule is COC(=O)c1sccc1NS(=O)(=O)c1ccc(O)cc1. The lowest BCUT2D eigenvalue weighted by Gasteiger charge is -2.08. The summed E-state index contributed by atoms with van der Waals surface area (Å²) in [5.41, 5.74) is 0.162. The van der Waals surface area contributed by atoms with Gasteiger partial charge in [-0.2, -0.15) is 0 Å². The Labute approximate surface area is 119 Å². The Kier molecular flexibility index (Phi) is 3.96. The number of hydrogen-bond donors (Lipinski definition) is 2. The summed E-state index contributed by atoms with van der Waals surface area (Å²) < 4.78 is 31.2. The Hall–Kier alpha value is -2.06. The molecule has 0 aliphatic rings. The Bertz CT molecular complexity index is 719. The van der Waals surface area contributed by atoms with Crippen molar-refractivity contribution in [3.63, 3.8) is 0 Å². The number of nitrogens with one attached hydrogen (secondary N) is 1. The molecule has 6 nitrogen and oxygen atoms in total. The summed E-state index contributed by atoms with van der Waals surface area (Å²) in [6.45, 7) is 0. The van der Waals surface area contributed by atoms with Crippen LogP contribution in [-0.4, -0.2) is 26.6 Å². The van der Waals surface area contributed by atoms with E-state index in [1.54, 1.807) is 5.38 Å². The van der Waals surface area contributed by atoms with Crippen molar-refractivity contribution in [1.29, 1.82) is 0 Å². The van der Waals surface area contributed by atoms with Crippen LogP contribution in [0.4, 0.5) is 5.69 Å². The summed E-state index contributed by atoms with van der Waals surface area (Å²) in [5, 5.41) is 10.7. The molecular formula is C12H11NO5S2. The predicted octanol–water partition coefficient (Wildman–Crippen LogP) is 2.04. The Morgan fingerprint density at radius 1 is 1.25 bits per heavy atom. The van der Waals surface area contributed by atoms with Crippen LogP contribution in [-0.2, 0) is 14.8 Å². The van der Waals surface area contributed by atoms with Crippen LogP contribution < -0.4 is 4.72 Å². The van der Waals surface area contributed by atoms with Gasteiger partial charge in [0.2, 0.25) is 0 Å². The van der Waals surface area contributed by atoms with Gasteiger partial charge in [-0.05, 0) is 35.7 Å². The van der Waals surface area contributed by atoms with Gasteiger partial charge in [-0.1, -0.05) is 0 Å². The molecule has 2 N–H and O–H groups in total. The number of carbonyl (C=O) groups is 1. The number of esters is 1. The first-order valence-electron chi connectivity index (χ1n) is 5.41. The van der Waals surface area contributed by atoms with Crippen LogP contribution in [0.5, 0.6) is 5.75 Å². The second-order valence-electron chi connectivity index (χ2n) is 3.75. The molecule has 0 radical (unpaired) electrons. The highest BCUT2D eigenvalue weighted by atomic mass is 32.2. The Balaban J connectivity index is 2.32. The van der Waals surface area contributed by atoms with Gasteiger partial charge in [-0.25, -0.2) is 13.2 Å². The molecule has 0 amide bonds. The molecule has 0 aliphatic heterocycles. The van der Waals surface area contributed by atoms with E-state index in [9.17, 15) is 13.2 Å². The summed E-state index contributed by atoms with van der Waals surface area (Å²) in [5.74, 6) is -0.641. The smallest absolute Gasteiger partial charge is 0.350 e. The number of sulfonamides is 1. The minimum atomic E-state index is -3.83. The molecule has 2 aromatic rings. The molecule has 1 aromatic carbocycles. The topological polar surface area (TPSA) is 92.7 Å². The number of benzene rings is 1. The second kappa shape index (κ2) is 5.51. The van der Waals surface area contributed by atoms with Gasteiger partial charge in [-0.15, -0.1) is 11.3 Å². The standard InChI is InChI=1S/C12H11NO5S2/c1-18-12(15)11-10(6-7-19-11)13-20(16,17)9-4-2-8(14)3-5-9/h2-7,13-14H,1H3. The molecule has 0 aliphatic carbocycles. The molecule has 1 heterocycles. The molecular weight excluding hydrogens is 302 g/mol. The molecule has 1 aromatic heterocycles. The maximum Gasteiger partial charge on any atom is 0.350 e. The molecule has 106 valence electrons. The summed E-state index contributed by atoms with van der Waals surface area (Å²) in [4.78, 5) is 11.6. The monoisotopic (exact) mass is 313 g/mol. The zero-order valence-corrected chi connectivity index (χ0v) is 12.0. The van der Waals surface area contributed by atoms with E-state index in [1.165, 1.54) is 37.4 Å². The average Bonchev–Trinajstić information content (AvgIpc) is 2.85. The first-order chi connectivity index (χ1) is 9.44. The maximum absolute atomic E-state index is 12.1. The first-order valence-corrected chi connectivity index (χ1v) is 7.78. The molecule has 0 atom stereocenters. The minimum absolute atomic E-state index is 0.0164. The van der Waals surface area contributed by atoms with Crippen LogP contribution in [0.3, 0.4) is 0 Å². The third-order valence-corrected chi connectivity index (χ3v) is 4.70. The van der Waals surface area contributed by atoms with Gasteiger partial charge in [0.25, 0.3) is 10.0 Å². The number of phenolic OH excluding ortho intramolecular Hbond substituents is 1. The summed E-state index contributed by atoms with van der Waals surface area (Å²) in [7, 11) is -2.60. The normalized spacial score (nSPS) is 11.1. The molecule has 0 saturated carbocycles. The zero-order chi connectivity index (χ0) is 14.8. The van der Waals surface area contributed by atoms with Gasteiger partial charge in [0, 0.05) is 0 Å². The van der Waals surface area contributed by atoms with E-state index in [4.69, 9.17) is 5.11 Å². The van der Waals surface area contributed by atoms with Gasteiger partial charge < -0.3 is 9.84 Å². The number of hydrogen-bond acceptors (Lipinski definition) is 6. The molecule has 0 spiro atoms. The van der Waals surface area contributed by atoms with Crippen LogP contribution >= 0.6 is 11.3 Å². The van der Waals surface area contributed by atoms with E-state index < -0.39 is 16.0 Å². The van der Waals surface area contributed by atoms with Crippen molar-refractivity contribution in [2.45, 2.75) is 4.90 Å². The van der Waals surface area contributed by atoms with Crippen LogP contribution in [0.2, 0.25) is 0 Å². The van der Waals surface area contributed by atoms with Crippen LogP contribution in [0, 0.1) is 0 Å². The lowest BCUT2D eigenvalue weighted by molar-refractivity contribution is 0.0607. The molecule has 2 rings (SSSR count). The number of phenols is 1. The maximum atomic E-state index is 12.1. The molecule has 0 bridgehead atoms. The highest BCUT2D eigenvalue weighted by molar-refractivity contribution is 7.92. The van der Waals surface area contributed by atoms with Crippen molar-refractivity contribution < 1.29 is 23.1 Å². The fraction of sp³-hybridized carbons (Fsp3) is 0.0833. The van der Waals surface area contributed by atoms with Crippen molar-refractivity contribution >= 4 is 33.0 Å². The Morgan fingerprint density at radius 2 is 1.90 bits per heavy atom. The fourth-order valence-corrected chi connectivity index (χ4v) is 3.37. The fourth-order valence-electron chi connectivity index (χ4n) is 1.47. The Morgan fingerprint density at radius 3 is 2.50 bits per heavy atom. The molecule has 20 heavy (non-hydrogen) atoms. The van der Waals surface area contributed by atoms with Crippen molar-refractivity contribution in [3.05, 3.63) is 40.6 Å². The van der Waals surface area contributed by atoms with Gasteiger partial charge >= 0.3 is 5.97 Å². The lowest BCUT2D eigenvalue weighted by atomic mass is 10.3. The number of aromatic hydroxyl groups is 1. The van der Waals surface area contributed by atoms with Crippen LogP contribution in [0.15, 0.2) is 40.6 Å². The minimum Gasteiger partial charge on any atom is -0.508 e. The highest BCUT2D eigenvalue weighted by Crippen LogP contribution is 2.26. The third kappa shape index (κ3) is 2.91. The second-order valence-corrected chi connectivity index (χ2v) is 6.35. The highest BCUT2D eigenvalue weighted by Gasteiger charge is 2.20. The molecule has 8 heteroatoms. The van der Waals surface area contributed by atoms with Gasteiger partial charge in [0.15, 0.2) is 0 Å². The van der Waals surface area contributed by atoms with Gasteiger partial charge in [0.05, 0.1) is 17.7 Å². The van der Waals surface area contributed by atoms with E-state index in [2.05, 4.69) is 9.46 Å². The number of carbonyl (C=O) groups excluding carboxylic acids is 1. The van der Waals surface area contributed by atoms with Crippen LogP contribution in [0.1, 0.15) is 9.67 Å². The van der Waals surface area contributed by atoms with E-state index in [0.29, 0.717) is 0 Å². The molecule has 0 saturated heterocycles. The number of rotatable bonds is 4. The van der Waals surface area contributed by atoms with E-state index >= 15 is 0 Å². The number of thiophene rings is 1. The quantitative estimate of drug-likeness (QED) is 0.843. The van der Waals surface area contributed by atoms with Crippen molar-refractivity contribution in [2.24, 2.45) is 0 Å². The molecule has 0 unspecified atom stereocenters.